The number of quaternary nitrogens is 1. The highest BCUT2D eigenvalue weighted by atomic mass is 19.1. The van der Waals surface area contributed by atoms with Crippen LogP contribution in [0.2, 0.25) is 0 Å². The van der Waals surface area contributed by atoms with E-state index in [9.17, 15) is 19.1 Å². The lowest BCUT2D eigenvalue weighted by atomic mass is 10.1. The van der Waals surface area contributed by atoms with E-state index >= 15 is 0 Å². The fourth-order valence-electron chi connectivity index (χ4n) is 2.33. The van der Waals surface area contributed by atoms with Crippen molar-refractivity contribution in [3.63, 3.8) is 0 Å². The van der Waals surface area contributed by atoms with Gasteiger partial charge in [-0.2, -0.15) is 0 Å². The van der Waals surface area contributed by atoms with Gasteiger partial charge in [-0.1, -0.05) is 18.2 Å². The molecule has 0 saturated carbocycles. The van der Waals surface area contributed by atoms with Crippen molar-refractivity contribution >= 4 is 11.9 Å². The smallest absolute Gasteiger partial charge is 0.278 e. The van der Waals surface area contributed by atoms with Crippen molar-refractivity contribution in [3.8, 4) is 0 Å². The summed E-state index contributed by atoms with van der Waals surface area (Å²) in [4.78, 5) is 23.1. The molecular weight excluding hydrogens is 251 g/mol. The van der Waals surface area contributed by atoms with Crippen molar-refractivity contribution in [2.45, 2.75) is 19.0 Å². The molecule has 6 heteroatoms. The Bertz CT molecular complexity index is 493. The largest absolute Gasteiger partial charge is 0.550 e. The van der Waals surface area contributed by atoms with Crippen molar-refractivity contribution in [2.75, 3.05) is 13.1 Å². The Morgan fingerprint density at radius 3 is 2.89 bits per heavy atom. The van der Waals surface area contributed by atoms with Crippen LogP contribution in [0, 0.1) is 5.82 Å². The molecule has 1 aromatic rings. The quantitative estimate of drug-likeness (QED) is 0.652. The van der Waals surface area contributed by atoms with Gasteiger partial charge >= 0.3 is 0 Å². The summed E-state index contributed by atoms with van der Waals surface area (Å²) in [6, 6.07) is 5.58. The van der Waals surface area contributed by atoms with Crippen molar-refractivity contribution in [3.05, 3.63) is 35.6 Å². The first-order chi connectivity index (χ1) is 9.08. The lowest BCUT2D eigenvalue weighted by Gasteiger charge is -2.32. The number of amides is 1. The summed E-state index contributed by atoms with van der Waals surface area (Å²) in [6.07, 6.45) is -0.352. The van der Waals surface area contributed by atoms with Gasteiger partial charge in [-0.15, -0.1) is 0 Å². The molecular formula is C13H15FN2O3. The molecule has 1 aliphatic rings. The number of piperazine rings is 1. The van der Waals surface area contributed by atoms with Crippen molar-refractivity contribution in [2.24, 2.45) is 0 Å². The van der Waals surface area contributed by atoms with E-state index in [4.69, 9.17) is 0 Å². The predicted octanol–water partition coefficient (Wildman–Crippen LogP) is -2.15. The molecule has 1 fully saturated rings. The summed E-state index contributed by atoms with van der Waals surface area (Å²) in [5.74, 6) is -1.93. The van der Waals surface area contributed by atoms with Gasteiger partial charge < -0.3 is 20.1 Å². The second-order valence-corrected chi connectivity index (χ2v) is 4.60. The van der Waals surface area contributed by atoms with Gasteiger partial charge in [0.15, 0.2) is 6.04 Å². The number of carbonyl (C=O) groups is 2. The topological polar surface area (TPSA) is 73.7 Å². The summed E-state index contributed by atoms with van der Waals surface area (Å²) < 4.78 is 13.6. The highest BCUT2D eigenvalue weighted by molar-refractivity contribution is 5.84. The number of carboxylic acid groups (broad SMARTS) is 1. The second kappa shape index (κ2) is 5.79. The van der Waals surface area contributed by atoms with Gasteiger partial charge in [0, 0.05) is 18.0 Å². The van der Waals surface area contributed by atoms with Gasteiger partial charge in [-0.05, 0) is 6.07 Å². The van der Waals surface area contributed by atoms with Crippen LogP contribution in [0.5, 0.6) is 0 Å². The number of rotatable bonds is 4. The minimum Gasteiger partial charge on any atom is -0.550 e. The van der Waals surface area contributed by atoms with Crippen LogP contribution >= 0.6 is 0 Å². The van der Waals surface area contributed by atoms with Crippen LogP contribution in [0.1, 0.15) is 12.0 Å². The van der Waals surface area contributed by atoms with Gasteiger partial charge in [-0.25, -0.2) is 4.39 Å². The zero-order valence-electron chi connectivity index (χ0n) is 10.3. The highest BCUT2D eigenvalue weighted by Gasteiger charge is 2.33. The highest BCUT2D eigenvalue weighted by Crippen LogP contribution is 2.05. The van der Waals surface area contributed by atoms with E-state index in [1.165, 1.54) is 6.07 Å². The molecule has 102 valence electrons. The van der Waals surface area contributed by atoms with Crippen LogP contribution in [0.4, 0.5) is 4.39 Å². The molecule has 0 bridgehead atoms. The number of carboxylic acids is 1. The standard InChI is InChI=1S/C13H15FN2O3/c14-10-4-2-1-3-9(10)8-16-6-5-15-13(19)11(16)7-12(17)18/h1-4,11H,5-8H2,(H,15,19)(H,17,18)/t11-/m1/s1. The second-order valence-electron chi connectivity index (χ2n) is 4.60. The minimum absolute atomic E-state index is 0.290. The number of hydrogen-bond donors (Lipinski definition) is 2. The normalized spacial score (nSPS) is 22.9. The third-order valence-electron chi connectivity index (χ3n) is 3.30. The van der Waals surface area contributed by atoms with Crippen LogP contribution in [0.15, 0.2) is 24.3 Å². The Balaban J connectivity index is 2.14. The van der Waals surface area contributed by atoms with Gasteiger partial charge in [0.25, 0.3) is 5.91 Å². The number of nitrogens with one attached hydrogen (secondary N) is 2. The average molecular weight is 266 g/mol. The first-order valence-electron chi connectivity index (χ1n) is 6.13. The molecule has 0 aromatic heterocycles. The molecule has 0 aliphatic carbocycles. The third kappa shape index (κ3) is 3.29. The molecule has 0 radical (unpaired) electrons. The van der Waals surface area contributed by atoms with E-state index in [-0.39, 0.29) is 24.7 Å². The molecule has 0 spiro atoms. The molecule has 2 atom stereocenters. The van der Waals surface area contributed by atoms with E-state index in [1.807, 2.05) is 0 Å². The molecule has 1 unspecified atom stereocenters. The Labute approximate surface area is 110 Å². The zero-order valence-corrected chi connectivity index (χ0v) is 10.3. The number of aliphatic carboxylic acids is 1. The summed E-state index contributed by atoms with van der Waals surface area (Å²) in [6.45, 7) is 1.32. The Hall–Kier alpha value is -1.95. The molecule has 19 heavy (non-hydrogen) atoms. The number of carbonyl (C=O) groups excluding carboxylic acids is 2. The fourth-order valence-corrected chi connectivity index (χ4v) is 2.33. The lowest BCUT2D eigenvalue weighted by Crippen LogP contribution is -3.18. The zero-order chi connectivity index (χ0) is 13.8. The predicted molar refractivity (Wildman–Crippen MR) is 62.4 cm³/mol. The number of hydrogen-bond acceptors (Lipinski definition) is 3. The van der Waals surface area contributed by atoms with E-state index in [0.29, 0.717) is 18.7 Å². The first-order valence-corrected chi connectivity index (χ1v) is 6.13. The average Bonchev–Trinajstić information content (AvgIpc) is 2.36. The van der Waals surface area contributed by atoms with E-state index in [1.54, 1.807) is 18.2 Å². The maximum absolute atomic E-state index is 13.6. The molecule has 2 N–H and O–H groups in total. The van der Waals surface area contributed by atoms with Crippen molar-refractivity contribution < 1.29 is 24.0 Å². The summed E-state index contributed by atoms with van der Waals surface area (Å²) in [5.41, 5.74) is 0.482. The monoisotopic (exact) mass is 266 g/mol. The van der Waals surface area contributed by atoms with Crippen LogP contribution in [0.3, 0.4) is 0 Å². The molecule has 5 nitrogen and oxygen atoms in total. The minimum atomic E-state index is -1.27. The number of benzene rings is 1. The van der Waals surface area contributed by atoms with Crippen LogP contribution in [-0.4, -0.2) is 31.0 Å². The van der Waals surface area contributed by atoms with Crippen LogP contribution < -0.4 is 15.3 Å². The SMILES string of the molecule is O=C([O-])C[C@@H]1C(=O)NCC[NH+]1Cc1ccccc1F. The van der Waals surface area contributed by atoms with Crippen LogP contribution in [-0.2, 0) is 16.1 Å². The molecule has 1 aromatic carbocycles. The van der Waals surface area contributed by atoms with Crippen molar-refractivity contribution in [1.29, 1.82) is 0 Å². The van der Waals surface area contributed by atoms with Crippen LogP contribution in [0.25, 0.3) is 0 Å². The van der Waals surface area contributed by atoms with Gasteiger partial charge in [0.1, 0.15) is 12.4 Å². The molecule has 1 saturated heterocycles. The maximum atomic E-state index is 13.6. The summed E-state index contributed by atoms with van der Waals surface area (Å²) in [5, 5.41) is 13.3. The van der Waals surface area contributed by atoms with Gasteiger partial charge in [0.2, 0.25) is 0 Å². The molecule has 1 heterocycles. The van der Waals surface area contributed by atoms with E-state index in [2.05, 4.69) is 5.32 Å². The molecule has 2 rings (SSSR count). The summed E-state index contributed by atoms with van der Waals surface area (Å²) >= 11 is 0. The Morgan fingerprint density at radius 1 is 1.47 bits per heavy atom. The van der Waals surface area contributed by atoms with E-state index < -0.39 is 12.0 Å². The number of halogens is 1. The first kappa shape index (κ1) is 13.5. The Kier molecular flexibility index (Phi) is 4.11. The summed E-state index contributed by atoms with van der Waals surface area (Å²) in [7, 11) is 0. The maximum Gasteiger partial charge on any atom is 0.278 e. The van der Waals surface area contributed by atoms with Gasteiger partial charge in [-0.3, -0.25) is 4.79 Å². The molecule has 1 aliphatic heterocycles. The van der Waals surface area contributed by atoms with Crippen molar-refractivity contribution in [1.82, 2.24) is 5.32 Å². The third-order valence-corrected chi connectivity index (χ3v) is 3.30. The van der Waals surface area contributed by atoms with Gasteiger partial charge in [0.05, 0.1) is 13.1 Å². The van der Waals surface area contributed by atoms with E-state index in [0.717, 1.165) is 4.90 Å². The Morgan fingerprint density at radius 2 is 2.21 bits per heavy atom. The fraction of sp³-hybridized carbons (Fsp3) is 0.385. The molecule has 1 amide bonds. The lowest BCUT2D eigenvalue weighted by molar-refractivity contribution is -0.931.